The molecule has 256 valence electrons. The molecule has 2 saturated heterocycles. The second kappa shape index (κ2) is 12.0. The predicted octanol–water partition coefficient (Wildman–Crippen LogP) is 5.43. The number of nitrogens with two attached hydrogens (primary N) is 1. The molecule has 48 heavy (non-hydrogen) atoms. The lowest BCUT2D eigenvalue weighted by Crippen LogP contribution is -2.42. The van der Waals surface area contributed by atoms with Gasteiger partial charge in [-0.05, 0) is 58.9 Å². The molecule has 1 saturated carbocycles. The Morgan fingerprint density at radius 2 is 1.90 bits per heavy atom. The molecular formula is C33H41N6O8P. The Labute approximate surface area is 278 Å². The fourth-order valence-electron chi connectivity index (χ4n) is 6.83. The van der Waals surface area contributed by atoms with E-state index in [-0.39, 0.29) is 12.4 Å². The summed E-state index contributed by atoms with van der Waals surface area (Å²) in [4.78, 5) is 25.9. The fraction of sp³-hybridized carbons (Fsp3) is 0.515. The largest absolute Gasteiger partial charge is 0.459 e. The van der Waals surface area contributed by atoms with Crippen LogP contribution in [-0.2, 0) is 32.8 Å². The van der Waals surface area contributed by atoms with Gasteiger partial charge in [0.05, 0.1) is 12.9 Å². The average Bonchev–Trinajstić information content (AvgIpc) is 3.79. The number of rotatable bonds is 9. The number of aromatic nitrogens is 4. The van der Waals surface area contributed by atoms with Crippen LogP contribution in [0.3, 0.4) is 0 Å². The van der Waals surface area contributed by atoms with Crippen LogP contribution in [0.1, 0.15) is 66.5 Å². The number of nitrogens with one attached hydrogen (secondary N) is 1. The van der Waals surface area contributed by atoms with E-state index in [0.29, 0.717) is 16.9 Å². The van der Waals surface area contributed by atoms with Crippen molar-refractivity contribution < 1.29 is 37.4 Å². The van der Waals surface area contributed by atoms with Crippen molar-refractivity contribution in [2.24, 2.45) is 0 Å². The number of hydrogen-bond acceptors (Lipinski definition) is 12. The lowest BCUT2D eigenvalue weighted by atomic mass is 9.96. The first-order chi connectivity index (χ1) is 22.8. The summed E-state index contributed by atoms with van der Waals surface area (Å²) >= 11 is 0. The lowest BCUT2D eigenvalue weighted by Gasteiger charge is -2.31. The van der Waals surface area contributed by atoms with Crippen LogP contribution in [0.5, 0.6) is 5.75 Å². The highest BCUT2D eigenvalue weighted by Gasteiger charge is 2.67. The number of anilines is 1. The molecule has 3 fully saturated rings. The molecule has 6 atom stereocenters. The maximum atomic E-state index is 14.7. The molecule has 0 radical (unpaired) electrons. The molecule has 1 spiro atoms. The molecule has 3 unspecified atom stereocenters. The lowest BCUT2D eigenvalue weighted by molar-refractivity contribution is -0.231. The Kier molecular flexibility index (Phi) is 8.25. The number of imidazole rings is 1. The zero-order chi connectivity index (χ0) is 33.9. The molecule has 7 rings (SSSR count). The zero-order valence-corrected chi connectivity index (χ0v) is 28.5. The molecule has 15 heteroatoms. The molecule has 3 aliphatic rings. The summed E-state index contributed by atoms with van der Waals surface area (Å²) in [6.07, 6.45) is 4.23. The molecule has 2 aromatic heterocycles. The smallest absolute Gasteiger partial charge is 0.459 e. The van der Waals surface area contributed by atoms with Crippen molar-refractivity contribution in [3.8, 4) is 5.75 Å². The van der Waals surface area contributed by atoms with Crippen LogP contribution in [0.15, 0.2) is 55.1 Å². The topological polar surface area (TPSA) is 171 Å². The van der Waals surface area contributed by atoms with E-state index in [1.807, 2.05) is 37.3 Å². The third-order valence-electron chi connectivity index (χ3n) is 8.94. The SMILES string of the molecule is C[C@H](NP(=O)(OC[C@H]1O[C@@H](n2cnc3c(N)ncnc32)C2(C)OC3(CCCC3)OC12)Oc1cccc2ccccc12)C(=O)OC(C)(C)C. The van der Waals surface area contributed by atoms with Crippen LogP contribution in [0, 0.1) is 0 Å². The summed E-state index contributed by atoms with van der Waals surface area (Å²) in [5.41, 5.74) is 5.25. The number of hydrogen-bond donors (Lipinski definition) is 2. The van der Waals surface area contributed by atoms with Crippen LogP contribution < -0.4 is 15.3 Å². The molecule has 1 aliphatic carbocycles. The minimum atomic E-state index is -4.27. The monoisotopic (exact) mass is 680 g/mol. The minimum Gasteiger partial charge on any atom is -0.459 e. The predicted molar refractivity (Wildman–Crippen MR) is 176 cm³/mol. The Morgan fingerprint density at radius 3 is 2.67 bits per heavy atom. The molecule has 4 aromatic rings. The molecule has 14 nitrogen and oxygen atoms in total. The van der Waals surface area contributed by atoms with Crippen molar-refractivity contribution in [2.45, 2.75) is 102 Å². The second-order valence-electron chi connectivity index (χ2n) is 13.8. The van der Waals surface area contributed by atoms with E-state index in [0.717, 1.165) is 36.5 Å². The standard InChI is InChI=1S/C33H41N6O8P/c1-20(29(40)45-31(2,3)4)38-48(41,46-23-14-10-12-21-11-6-7-13-22(21)23)42-17-24-26-32(5,47-33(44-26)15-8-9-16-33)30(43-24)39-19-37-25-27(34)35-18-36-28(25)39/h6-7,10-14,18-20,24,26,30H,8-9,15-17H2,1-5H3,(H,38,41)(H2,34,35,36)/t20-,24+,26?,30+,32?,48?/m0/s1. The molecule has 0 amide bonds. The van der Waals surface area contributed by atoms with E-state index < -0.39 is 55.2 Å². The van der Waals surface area contributed by atoms with Gasteiger partial charge in [0.1, 0.15) is 47.0 Å². The first-order valence-electron chi connectivity index (χ1n) is 16.2. The van der Waals surface area contributed by atoms with E-state index in [1.165, 1.54) is 6.33 Å². The third kappa shape index (κ3) is 6.06. The van der Waals surface area contributed by atoms with Gasteiger partial charge in [-0.25, -0.2) is 19.5 Å². The highest BCUT2D eigenvalue weighted by molar-refractivity contribution is 7.52. The van der Waals surface area contributed by atoms with Crippen LogP contribution in [0.4, 0.5) is 5.82 Å². The normalized spacial score (nSPS) is 26.9. The van der Waals surface area contributed by atoms with E-state index in [9.17, 15) is 9.36 Å². The maximum absolute atomic E-state index is 14.7. The highest BCUT2D eigenvalue weighted by Crippen LogP contribution is 2.56. The summed E-state index contributed by atoms with van der Waals surface area (Å²) in [7, 11) is -4.27. The average molecular weight is 681 g/mol. The number of carbonyl (C=O) groups excluding carboxylic acids is 1. The number of ether oxygens (including phenoxy) is 4. The van der Waals surface area contributed by atoms with Gasteiger partial charge >= 0.3 is 13.7 Å². The molecule has 3 N–H and O–H groups in total. The summed E-state index contributed by atoms with van der Waals surface area (Å²) in [5.74, 6) is -0.827. The van der Waals surface area contributed by atoms with Crippen LogP contribution >= 0.6 is 7.75 Å². The van der Waals surface area contributed by atoms with Gasteiger partial charge in [-0.2, -0.15) is 5.09 Å². The summed E-state index contributed by atoms with van der Waals surface area (Å²) in [6, 6.07) is 11.9. The zero-order valence-electron chi connectivity index (χ0n) is 27.6. The quantitative estimate of drug-likeness (QED) is 0.170. The van der Waals surface area contributed by atoms with Crippen LogP contribution in [0.25, 0.3) is 21.9 Å². The van der Waals surface area contributed by atoms with Crippen molar-refractivity contribution in [3.63, 3.8) is 0 Å². The van der Waals surface area contributed by atoms with E-state index in [1.54, 1.807) is 50.7 Å². The minimum absolute atomic E-state index is 0.226. The van der Waals surface area contributed by atoms with Gasteiger partial charge in [0, 0.05) is 18.2 Å². The first-order valence-corrected chi connectivity index (χ1v) is 17.7. The molecule has 2 aliphatic heterocycles. The van der Waals surface area contributed by atoms with Crippen molar-refractivity contribution in [1.29, 1.82) is 0 Å². The number of esters is 1. The highest BCUT2D eigenvalue weighted by atomic mass is 31.2. The number of benzene rings is 2. The van der Waals surface area contributed by atoms with Crippen molar-refractivity contribution in [1.82, 2.24) is 24.6 Å². The van der Waals surface area contributed by atoms with Crippen molar-refractivity contribution >= 4 is 41.5 Å². The Balaban J connectivity index is 1.20. The number of carbonyl (C=O) groups is 1. The number of nitrogen functional groups attached to an aromatic ring is 1. The summed E-state index contributed by atoms with van der Waals surface area (Å²) in [5, 5.41) is 4.41. The molecule has 4 heterocycles. The number of fused-ring (bicyclic) bond motifs is 3. The van der Waals surface area contributed by atoms with Gasteiger partial charge in [0.2, 0.25) is 0 Å². The van der Waals surface area contributed by atoms with E-state index in [2.05, 4.69) is 20.0 Å². The number of nitrogens with zero attached hydrogens (tertiary/aromatic N) is 4. The van der Waals surface area contributed by atoms with E-state index >= 15 is 0 Å². The van der Waals surface area contributed by atoms with Gasteiger partial charge in [-0.3, -0.25) is 13.9 Å². The van der Waals surface area contributed by atoms with Crippen molar-refractivity contribution in [2.75, 3.05) is 12.3 Å². The van der Waals surface area contributed by atoms with Crippen LogP contribution in [0.2, 0.25) is 0 Å². The van der Waals surface area contributed by atoms with Gasteiger partial charge in [-0.1, -0.05) is 36.4 Å². The van der Waals surface area contributed by atoms with Gasteiger partial charge in [0.25, 0.3) is 0 Å². The van der Waals surface area contributed by atoms with E-state index in [4.69, 9.17) is 33.7 Å². The maximum Gasteiger partial charge on any atom is 0.459 e. The van der Waals surface area contributed by atoms with Crippen LogP contribution in [-0.4, -0.2) is 67.3 Å². The first kappa shape index (κ1) is 32.9. The van der Waals surface area contributed by atoms with Gasteiger partial charge < -0.3 is 29.2 Å². The third-order valence-corrected chi connectivity index (χ3v) is 10.6. The molecule has 0 bridgehead atoms. The molecule has 2 aromatic carbocycles. The molecular weight excluding hydrogens is 639 g/mol. The Morgan fingerprint density at radius 1 is 1.15 bits per heavy atom. The van der Waals surface area contributed by atoms with Gasteiger partial charge in [-0.15, -0.1) is 0 Å². The Hall–Kier alpha value is -3.65. The fourth-order valence-corrected chi connectivity index (χ4v) is 8.35. The van der Waals surface area contributed by atoms with Crippen molar-refractivity contribution in [3.05, 3.63) is 55.1 Å². The van der Waals surface area contributed by atoms with Gasteiger partial charge in [0.15, 0.2) is 23.5 Å². The Bertz CT molecular complexity index is 1890. The summed E-state index contributed by atoms with van der Waals surface area (Å²) in [6.45, 7) is 8.53. The second-order valence-corrected chi connectivity index (χ2v) is 15.5. The summed E-state index contributed by atoms with van der Waals surface area (Å²) < 4.78 is 54.4.